The molecule has 0 aliphatic heterocycles. The van der Waals surface area contributed by atoms with Gasteiger partial charge in [-0.25, -0.2) is 4.98 Å². The number of H-pyrrole nitrogens is 2. The zero-order valence-electron chi connectivity index (χ0n) is 16.2. The molecule has 3 aromatic heterocycles. The first-order chi connectivity index (χ1) is 15.0. The number of aromatic amines is 2. The summed E-state index contributed by atoms with van der Waals surface area (Å²) in [6.07, 6.45) is 1.73. The van der Waals surface area contributed by atoms with E-state index >= 15 is 0 Å². The molecule has 0 aliphatic rings. The number of carbonyl (C=O) groups excluding carboxylic acids is 1. The lowest BCUT2D eigenvalue weighted by molar-refractivity contribution is -0.119. The molecule has 0 bridgehead atoms. The van der Waals surface area contributed by atoms with Gasteiger partial charge in [0.2, 0.25) is 11.2 Å². The summed E-state index contributed by atoms with van der Waals surface area (Å²) in [5.74, 6) is -0.335. The summed E-state index contributed by atoms with van der Waals surface area (Å²) in [6, 6.07) is 7.99. The molecule has 156 valence electrons. The molecule has 10 nitrogen and oxygen atoms in total. The van der Waals surface area contributed by atoms with Crippen molar-refractivity contribution in [1.29, 1.82) is 0 Å². The number of nitrogens with one attached hydrogen (secondary N) is 2. The summed E-state index contributed by atoms with van der Waals surface area (Å²) in [4.78, 5) is 27.5. The molecule has 0 radical (unpaired) electrons. The summed E-state index contributed by atoms with van der Waals surface area (Å²) in [7, 11) is 1.48. The molecule has 0 spiro atoms. The van der Waals surface area contributed by atoms with E-state index in [4.69, 9.17) is 19.6 Å². The Morgan fingerprint density at radius 2 is 2.03 bits per heavy atom. The van der Waals surface area contributed by atoms with Crippen LogP contribution in [0.15, 0.2) is 45.7 Å². The maximum absolute atomic E-state index is 11.9. The predicted molar refractivity (Wildman–Crippen MR) is 112 cm³/mol. The van der Waals surface area contributed by atoms with Gasteiger partial charge in [-0.3, -0.25) is 14.7 Å². The Kier molecular flexibility index (Phi) is 4.07. The van der Waals surface area contributed by atoms with E-state index in [0.29, 0.717) is 44.8 Å². The highest BCUT2D eigenvalue weighted by molar-refractivity contribution is 6.15. The van der Waals surface area contributed by atoms with Gasteiger partial charge in [-0.2, -0.15) is 0 Å². The first-order valence-electron chi connectivity index (χ1n) is 9.21. The number of pyridine rings is 1. The van der Waals surface area contributed by atoms with Crippen molar-refractivity contribution in [2.45, 2.75) is 0 Å². The third-order valence-electron chi connectivity index (χ3n) is 4.97. The number of hydrogen-bond donors (Lipinski definition) is 4. The third kappa shape index (κ3) is 2.84. The number of phenolic OH excluding ortho intramolecular Hbond substituents is 1. The number of nitrogens with zero attached hydrogens (tertiary/aromatic N) is 1. The van der Waals surface area contributed by atoms with Crippen molar-refractivity contribution in [1.82, 2.24) is 15.2 Å². The van der Waals surface area contributed by atoms with E-state index in [-0.39, 0.29) is 12.2 Å². The van der Waals surface area contributed by atoms with Crippen LogP contribution in [0.3, 0.4) is 0 Å². The number of nitrogens with two attached hydrogens (primary N) is 1. The predicted octanol–water partition coefficient (Wildman–Crippen LogP) is 2.40. The van der Waals surface area contributed by atoms with Crippen LogP contribution in [0.2, 0.25) is 0 Å². The molecule has 0 fully saturated rings. The number of furan rings is 1. The average molecular weight is 420 g/mol. The van der Waals surface area contributed by atoms with Crippen LogP contribution in [0, 0.1) is 0 Å². The highest BCUT2D eigenvalue weighted by Gasteiger charge is 2.22. The number of benzene rings is 2. The number of rotatable bonds is 5. The standard InChI is InChI=1S/C21H16N4O6/c1-29-14-6-9(2-5-13(14)30-8-15(22)27)16-11-7-23-25-21(11)24-17-10-3-4-12(26)18(28)19(10)31-20(16)17/h2-7,28H,8H2,1H3,(H2,22,27)(H2,23,24,25). The number of fused-ring (bicyclic) bond motifs is 4. The minimum absolute atomic E-state index is 0.0706. The summed E-state index contributed by atoms with van der Waals surface area (Å²) in [6.45, 7) is -0.285. The number of primary amides is 1. The molecular formula is C21H16N4O6. The summed E-state index contributed by atoms with van der Waals surface area (Å²) in [5, 5.41) is 17.3. The minimum Gasteiger partial charge on any atom is -0.502 e. The Balaban J connectivity index is 1.80. The molecule has 0 saturated carbocycles. The van der Waals surface area contributed by atoms with Crippen molar-refractivity contribution in [3.05, 3.63) is 46.8 Å². The number of methoxy groups -OCH3 is 1. The molecular weight excluding hydrogens is 404 g/mol. The van der Waals surface area contributed by atoms with Gasteiger partial charge in [-0.05, 0) is 29.8 Å². The second-order valence-electron chi connectivity index (χ2n) is 6.85. The minimum atomic E-state index is -0.605. The first kappa shape index (κ1) is 18.6. The van der Waals surface area contributed by atoms with Crippen molar-refractivity contribution < 1.29 is 23.8 Å². The van der Waals surface area contributed by atoms with E-state index in [1.807, 2.05) is 0 Å². The fraction of sp³-hybridized carbons (Fsp3) is 0.0952. The van der Waals surface area contributed by atoms with E-state index in [9.17, 15) is 14.7 Å². The highest BCUT2D eigenvalue weighted by Crippen LogP contribution is 2.42. The Morgan fingerprint density at radius 3 is 2.81 bits per heavy atom. The lowest BCUT2D eigenvalue weighted by atomic mass is 10.0. The van der Waals surface area contributed by atoms with Gasteiger partial charge in [0.25, 0.3) is 5.91 Å². The van der Waals surface area contributed by atoms with Crippen LogP contribution in [0.5, 0.6) is 17.2 Å². The monoisotopic (exact) mass is 420 g/mol. The molecule has 31 heavy (non-hydrogen) atoms. The van der Waals surface area contributed by atoms with E-state index < -0.39 is 17.1 Å². The van der Waals surface area contributed by atoms with E-state index in [1.165, 1.54) is 13.2 Å². The lowest BCUT2D eigenvalue weighted by Crippen LogP contribution is -2.20. The number of hydrogen-bond acceptors (Lipinski definition) is 7. The molecule has 5 N–H and O–H groups in total. The Hall–Kier alpha value is -4.47. The summed E-state index contributed by atoms with van der Waals surface area (Å²) >= 11 is 0. The normalized spacial score (nSPS) is 11.4. The average Bonchev–Trinajstić information content (AvgIpc) is 3.37. The quantitative estimate of drug-likeness (QED) is 0.340. The first-order valence-corrected chi connectivity index (χ1v) is 9.21. The fourth-order valence-electron chi connectivity index (χ4n) is 3.60. The number of aromatic hydroxyl groups is 1. The van der Waals surface area contributed by atoms with Crippen molar-refractivity contribution in [2.24, 2.45) is 5.73 Å². The van der Waals surface area contributed by atoms with Crippen molar-refractivity contribution in [3.8, 4) is 28.4 Å². The van der Waals surface area contributed by atoms with Gasteiger partial charge in [0.05, 0.1) is 12.5 Å². The topological polar surface area (TPSA) is 156 Å². The van der Waals surface area contributed by atoms with Gasteiger partial charge in [0.1, 0.15) is 5.52 Å². The zero-order valence-corrected chi connectivity index (χ0v) is 16.2. The molecule has 5 aromatic rings. The van der Waals surface area contributed by atoms with E-state index in [2.05, 4.69) is 15.2 Å². The van der Waals surface area contributed by atoms with Gasteiger partial charge in [-0.1, -0.05) is 6.07 Å². The van der Waals surface area contributed by atoms with Crippen LogP contribution in [-0.4, -0.2) is 39.9 Å². The molecule has 0 unspecified atom stereocenters. The molecule has 1 amide bonds. The maximum Gasteiger partial charge on any atom is 0.255 e. The molecule has 0 aliphatic carbocycles. The number of aromatic nitrogens is 3. The highest BCUT2D eigenvalue weighted by atomic mass is 16.5. The van der Waals surface area contributed by atoms with Crippen LogP contribution >= 0.6 is 0 Å². The second-order valence-corrected chi connectivity index (χ2v) is 6.85. The summed E-state index contributed by atoms with van der Waals surface area (Å²) < 4.78 is 16.8. The Morgan fingerprint density at radius 1 is 1.19 bits per heavy atom. The molecule has 10 heteroatoms. The summed E-state index contributed by atoms with van der Waals surface area (Å²) in [5.41, 5.74) is 7.49. The van der Waals surface area contributed by atoms with Crippen LogP contribution in [0.4, 0.5) is 0 Å². The lowest BCUT2D eigenvalue weighted by Gasteiger charge is -2.12. The van der Waals surface area contributed by atoms with Gasteiger partial charge < -0.3 is 29.8 Å². The van der Waals surface area contributed by atoms with Crippen LogP contribution in [0.1, 0.15) is 0 Å². The maximum atomic E-state index is 11.9. The van der Waals surface area contributed by atoms with E-state index in [1.54, 1.807) is 30.5 Å². The SMILES string of the molecule is COc1cc(-c2c3c[nH][nH]c3nc3c2oc2c(O)c(=O)ccc23)ccc1OCC(N)=O. The van der Waals surface area contributed by atoms with Crippen LogP contribution in [0.25, 0.3) is 44.2 Å². The van der Waals surface area contributed by atoms with Crippen molar-refractivity contribution in [3.63, 3.8) is 0 Å². The fourth-order valence-corrected chi connectivity index (χ4v) is 3.60. The van der Waals surface area contributed by atoms with Gasteiger partial charge in [0.15, 0.2) is 34.9 Å². The van der Waals surface area contributed by atoms with Crippen molar-refractivity contribution >= 4 is 39.0 Å². The number of carbonyl (C=O) groups is 1. The van der Waals surface area contributed by atoms with Crippen LogP contribution < -0.4 is 20.6 Å². The third-order valence-corrected chi connectivity index (χ3v) is 4.97. The molecule has 5 rings (SSSR count). The molecule has 0 atom stereocenters. The molecule has 3 heterocycles. The van der Waals surface area contributed by atoms with Gasteiger partial charge >= 0.3 is 0 Å². The van der Waals surface area contributed by atoms with Gasteiger partial charge in [0, 0.05) is 17.1 Å². The molecule has 0 saturated heterocycles. The number of amides is 1. The number of phenols is 1. The zero-order chi connectivity index (χ0) is 21.7. The smallest absolute Gasteiger partial charge is 0.255 e. The van der Waals surface area contributed by atoms with Crippen LogP contribution in [-0.2, 0) is 4.79 Å². The Bertz CT molecular complexity index is 1540. The van der Waals surface area contributed by atoms with Gasteiger partial charge in [-0.15, -0.1) is 0 Å². The van der Waals surface area contributed by atoms with E-state index in [0.717, 1.165) is 5.39 Å². The van der Waals surface area contributed by atoms with Crippen molar-refractivity contribution in [2.75, 3.05) is 13.7 Å². The second kappa shape index (κ2) is 6.80. The Labute approximate surface area is 173 Å². The largest absolute Gasteiger partial charge is 0.502 e. The number of ether oxygens (including phenoxy) is 2. The molecule has 2 aromatic carbocycles.